The lowest BCUT2D eigenvalue weighted by Gasteiger charge is -2.46. The molecule has 0 saturated heterocycles. The van der Waals surface area contributed by atoms with Crippen LogP contribution in [0.5, 0.6) is 0 Å². The molecule has 3 atom stereocenters. The maximum atomic E-state index is 12.2. The van der Waals surface area contributed by atoms with Gasteiger partial charge in [-0.3, -0.25) is 9.59 Å². The zero-order chi connectivity index (χ0) is 12.6. The summed E-state index contributed by atoms with van der Waals surface area (Å²) in [6.45, 7) is 8.17. The summed E-state index contributed by atoms with van der Waals surface area (Å²) in [4.78, 5) is 23.0. The van der Waals surface area contributed by atoms with E-state index in [4.69, 9.17) is 0 Å². The molecular formula is C15H20O2. The van der Waals surface area contributed by atoms with Gasteiger partial charge < -0.3 is 0 Å². The predicted molar refractivity (Wildman–Crippen MR) is 67.5 cm³/mol. The smallest absolute Gasteiger partial charge is 0.159 e. The summed E-state index contributed by atoms with van der Waals surface area (Å²) in [5.74, 6) is 0.773. The van der Waals surface area contributed by atoms with Crippen LogP contribution in [0.4, 0.5) is 0 Å². The predicted octanol–water partition coefficient (Wildman–Crippen LogP) is 3.08. The van der Waals surface area contributed by atoms with Crippen molar-refractivity contribution in [2.24, 2.45) is 17.3 Å². The van der Waals surface area contributed by atoms with Gasteiger partial charge in [0.15, 0.2) is 5.78 Å². The minimum Gasteiger partial charge on any atom is -0.298 e. The molecule has 0 aromatic rings. The van der Waals surface area contributed by atoms with Gasteiger partial charge in [0, 0.05) is 6.42 Å². The number of hydrogen-bond acceptors (Lipinski definition) is 2. The van der Waals surface area contributed by atoms with E-state index in [9.17, 15) is 9.59 Å². The Bertz CT molecular complexity index is 405. The van der Waals surface area contributed by atoms with Crippen molar-refractivity contribution < 1.29 is 9.59 Å². The van der Waals surface area contributed by atoms with E-state index < -0.39 is 0 Å². The first-order valence-electron chi connectivity index (χ1n) is 6.37. The molecule has 0 radical (unpaired) electrons. The van der Waals surface area contributed by atoms with Gasteiger partial charge in [-0.25, -0.2) is 0 Å². The number of fused-ring (bicyclic) bond motifs is 1. The largest absolute Gasteiger partial charge is 0.298 e. The molecule has 0 amide bonds. The fourth-order valence-corrected chi connectivity index (χ4v) is 3.31. The molecule has 0 bridgehead atoms. The summed E-state index contributed by atoms with van der Waals surface area (Å²) in [5.41, 5.74) is 1.53. The van der Waals surface area contributed by atoms with Crippen LogP contribution in [0.3, 0.4) is 0 Å². The molecule has 1 saturated carbocycles. The van der Waals surface area contributed by atoms with Crippen molar-refractivity contribution in [1.29, 1.82) is 0 Å². The number of allylic oxidation sites excluding steroid dienone is 3. The topological polar surface area (TPSA) is 34.1 Å². The molecule has 92 valence electrons. The molecule has 0 N–H and O–H groups in total. The van der Waals surface area contributed by atoms with E-state index in [-0.39, 0.29) is 17.1 Å². The highest BCUT2D eigenvalue weighted by molar-refractivity contribution is 5.98. The van der Waals surface area contributed by atoms with Crippen LogP contribution in [0.1, 0.15) is 39.5 Å². The van der Waals surface area contributed by atoms with Gasteiger partial charge >= 0.3 is 0 Å². The van der Waals surface area contributed by atoms with E-state index in [1.165, 1.54) is 0 Å². The average Bonchev–Trinajstić information content (AvgIpc) is 2.30. The summed E-state index contributed by atoms with van der Waals surface area (Å²) in [6, 6.07) is 0. The number of rotatable bonds is 2. The molecule has 0 unspecified atom stereocenters. The second kappa shape index (κ2) is 4.25. The number of carbonyl (C=O) groups excluding carboxylic acids is 2. The number of hydrogen-bond donors (Lipinski definition) is 0. The molecular weight excluding hydrogens is 212 g/mol. The third-order valence-corrected chi connectivity index (χ3v) is 4.73. The van der Waals surface area contributed by atoms with Crippen LogP contribution in [0, 0.1) is 17.3 Å². The molecule has 2 aliphatic rings. The summed E-state index contributed by atoms with van der Waals surface area (Å²) in [5, 5.41) is 0. The van der Waals surface area contributed by atoms with Crippen LogP contribution in [-0.4, -0.2) is 12.1 Å². The monoisotopic (exact) mass is 232 g/mol. The first kappa shape index (κ1) is 12.3. The Morgan fingerprint density at radius 1 is 1.59 bits per heavy atom. The number of Topliss-reactive ketones (excluding diaryl/α,β-unsaturated/α-hetero) is 1. The van der Waals surface area contributed by atoms with Gasteiger partial charge in [0.05, 0.1) is 0 Å². The Kier molecular flexibility index (Phi) is 3.07. The van der Waals surface area contributed by atoms with Gasteiger partial charge in [-0.15, -0.1) is 0 Å². The van der Waals surface area contributed by atoms with Crippen LogP contribution in [0.25, 0.3) is 0 Å². The van der Waals surface area contributed by atoms with Crippen molar-refractivity contribution in [3.8, 4) is 0 Å². The Morgan fingerprint density at radius 3 is 2.94 bits per heavy atom. The Morgan fingerprint density at radius 2 is 2.29 bits per heavy atom. The van der Waals surface area contributed by atoms with Gasteiger partial charge in [-0.05, 0) is 47.7 Å². The molecule has 2 aliphatic carbocycles. The van der Waals surface area contributed by atoms with E-state index in [0.717, 1.165) is 31.1 Å². The highest BCUT2D eigenvalue weighted by atomic mass is 16.1. The van der Waals surface area contributed by atoms with Gasteiger partial charge in [-0.2, -0.15) is 0 Å². The van der Waals surface area contributed by atoms with Gasteiger partial charge in [0.1, 0.15) is 6.29 Å². The fraction of sp³-hybridized carbons (Fsp3) is 0.600. The van der Waals surface area contributed by atoms with Crippen LogP contribution < -0.4 is 0 Å². The lowest BCUT2D eigenvalue weighted by molar-refractivity contribution is -0.120. The van der Waals surface area contributed by atoms with Crippen LogP contribution in [0.15, 0.2) is 23.8 Å². The maximum Gasteiger partial charge on any atom is 0.159 e. The molecule has 2 rings (SSSR count). The molecule has 1 fully saturated rings. The van der Waals surface area contributed by atoms with E-state index in [2.05, 4.69) is 26.5 Å². The number of carbonyl (C=O) groups is 2. The van der Waals surface area contributed by atoms with Crippen molar-refractivity contribution in [2.45, 2.75) is 39.5 Å². The molecule has 0 aliphatic heterocycles. The maximum absolute atomic E-state index is 12.2. The van der Waals surface area contributed by atoms with Crippen molar-refractivity contribution in [3.05, 3.63) is 23.8 Å². The molecule has 17 heavy (non-hydrogen) atoms. The normalized spacial score (nSPS) is 37.1. The van der Waals surface area contributed by atoms with E-state index >= 15 is 0 Å². The highest BCUT2D eigenvalue weighted by Gasteiger charge is 2.45. The van der Waals surface area contributed by atoms with Crippen LogP contribution in [-0.2, 0) is 9.59 Å². The molecule has 0 aromatic carbocycles. The average molecular weight is 232 g/mol. The summed E-state index contributed by atoms with van der Waals surface area (Å²) in [7, 11) is 0. The molecule has 0 spiro atoms. The summed E-state index contributed by atoms with van der Waals surface area (Å²) in [6.07, 6.45) is 6.42. The zero-order valence-electron chi connectivity index (χ0n) is 10.7. The number of ketones is 1. The van der Waals surface area contributed by atoms with Crippen molar-refractivity contribution in [2.75, 3.05) is 0 Å². The van der Waals surface area contributed by atoms with Crippen molar-refractivity contribution >= 4 is 12.1 Å². The standard InChI is InChI=1S/C15H20O2/c1-10(9-16)12-7-14(17)13-6-4-5-11(2)15(13,3)8-12/h6,9,11-12H,1,4-5,7-8H2,2-3H3/t11-,12+,15+/m0/s1. The molecule has 0 heterocycles. The SMILES string of the molecule is C=C(C=O)[C@@H]1CC(=O)C2=CCC[C@H](C)[C@@]2(C)C1. The first-order chi connectivity index (χ1) is 7.99. The highest BCUT2D eigenvalue weighted by Crippen LogP contribution is 2.51. The Labute approximate surface area is 103 Å². The second-order valence-electron chi connectivity index (χ2n) is 5.73. The Balaban J connectivity index is 2.34. The van der Waals surface area contributed by atoms with E-state index in [0.29, 0.717) is 17.9 Å². The third-order valence-electron chi connectivity index (χ3n) is 4.73. The van der Waals surface area contributed by atoms with Crippen LogP contribution >= 0.6 is 0 Å². The molecule has 2 nitrogen and oxygen atoms in total. The van der Waals surface area contributed by atoms with Crippen molar-refractivity contribution in [1.82, 2.24) is 0 Å². The zero-order valence-corrected chi connectivity index (χ0v) is 10.7. The molecule has 2 heteroatoms. The van der Waals surface area contributed by atoms with Gasteiger partial charge in [0.2, 0.25) is 0 Å². The Hall–Kier alpha value is -1.18. The minimum absolute atomic E-state index is 0.0442. The van der Waals surface area contributed by atoms with Crippen molar-refractivity contribution in [3.63, 3.8) is 0 Å². The second-order valence-corrected chi connectivity index (χ2v) is 5.73. The first-order valence-corrected chi connectivity index (χ1v) is 6.37. The lowest BCUT2D eigenvalue weighted by Crippen LogP contribution is -2.41. The lowest BCUT2D eigenvalue weighted by atomic mass is 9.57. The quantitative estimate of drug-likeness (QED) is 0.541. The van der Waals surface area contributed by atoms with E-state index in [1.807, 2.05) is 0 Å². The van der Waals surface area contributed by atoms with Crippen LogP contribution in [0.2, 0.25) is 0 Å². The van der Waals surface area contributed by atoms with E-state index in [1.54, 1.807) is 0 Å². The summed E-state index contributed by atoms with van der Waals surface area (Å²) < 4.78 is 0. The van der Waals surface area contributed by atoms with Gasteiger partial charge in [-0.1, -0.05) is 26.5 Å². The fourth-order valence-electron chi connectivity index (χ4n) is 3.31. The third kappa shape index (κ3) is 1.90. The minimum atomic E-state index is -0.0514. The molecule has 0 aromatic heterocycles. The summed E-state index contributed by atoms with van der Waals surface area (Å²) >= 11 is 0. The number of aldehydes is 1. The van der Waals surface area contributed by atoms with Gasteiger partial charge in [0.25, 0.3) is 0 Å².